The number of amides is 2. The largest absolute Gasteiger partial charge is 0.319 e. The van der Waals surface area contributed by atoms with Crippen molar-refractivity contribution >= 4 is 56.6 Å². The van der Waals surface area contributed by atoms with Crippen LogP contribution >= 0.6 is 44.8 Å². The molecular weight excluding hydrogens is 413 g/mol. The molecule has 0 aromatic heterocycles. The number of hydrogen-bond donors (Lipinski definition) is 0. The first kappa shape index (κ1) is 18.3. The molecule has 1 spiro atoms. The third kappa shape index (κ3) is 2.02. The maximum Gasteiger partial charge on any atom is 0.261 e. The fourth-order valence-corrected chi connectivity index (χ4v) is 7.99. The molecule has 5 rings (SSSR count). The molecule has 4 heterocycles. The van der Waals surface area contributed by atoms with Gasteiger partial charge in [0.2, 0.25) is 0 Å². The Hall–Kier alpha value is -1.07. The Morgan fingerprint density at radius 3 is 2.50 bits per heavy atom. The van der Waals surface area contributed by atoms with Crippen LogP contribution in [0.5, 0.6) is 0 Å². The van der Waals surface area contributed by atoms with Crippen molar-refractivity contribution in [3.8, 4) is 6.07 Å². The van der Waals surface area contributed by atoms with Crippen LogP contribution in [0, 0.1) is 16.7 Å². The number of carbonyl (C=O) groups excluding carboxylic acids is 2. The standard InChI is InChI=1S/C17H15Cl2N3O2S2/c1-15(8-20)7-17-14(24)21(3)16(2,25-26-17)13(23)22(17)12(15)9-4-5-10(18)11(19)6-9/h4-6,12H,7H2,1-3H3. The summed E-state index contributed by atoms with van der Waals surface area (Å²) in [6, 6.07) is 6.91. The lowest BCUT2D eigenvalue weighted by Gasteiger charge is -2.57. The van der Waals surface area contributed by atoms with Crippen molar-refractivity contribution < 1.29 is 9.59 Å². The van der Waals surface area contributed by atoms with Crippen LogP contribution in [0.1, 0.15) is 31.9 Å². The van der Waals surface area contributed by atoms with Gasteiger partial charge < -0.3 is 9.80 Å². The van der Waals surface area contributed by atoms with E-state index in [-0.39, 0.29) is 18.2 Å². The van der Waals surface area contributed by atoms with E-state index in [1.54, 1.807) is 44.0 Å². The maximum atomic E-state index is 13.4. The van der Waals surface area contributed by atoms with E-state index in [2.05, 4.69) is 6.07 Å². The molecular formula is C17H15Cl2N3O2S2. The predicted molar refractivity (Wildman–Crippen MR) is 103 cm³/mol. The molecule has 1 aromatic rings. The molecule has 0 saturated carbocycles. The molecule has 26 heavy (non-hydrogen) atoms. The molecule has 4 atom stereocenters. The highest BCUT2D eigenvalue weighted by molar-refractivity contribution is 8.78. The van der Waals surface area contributed by atoms with E-state index < -0.39 is 21.2 Å². The number of halogens is 2. The maximum absolute atomic E-state index is 13.4. The van der Waals surface area contributed by atoms with Crippen molar-refractivity contribution in [1.82, 2.24) is 9.80 Å². The number of likely N-dealkylation sites (N-methyl/N-ethyl adjacent to an activating group) is 1. The van der Waals surface area contributed by atoms with Crippen molar-refractivity contribution in [3.05, 3.63) is 33.8 Å². The Labute approximate surface area is 169 Å². The Morgan fingerprint density at radius 2 is 1.88 bits per heavy atom. The lowest BCUT2D eigenvalue weighted by Crippen LogP contribution is -2.73. The van der Waals surface area contributed by atoms with Crippen molar-refractivity contribution in [2.45, 2.75) is 36.1 Å². The molecule has 0 aliphatic carbocycles. The van der Waals surface area contributed by atoms with Crippen LogP contribution in [0.2, 0.25) is 10.0 Å². The fourth-order valence-electron chi connectivity index (χ4n) is 4.10. The number of carbonyl (C=O) groups is 2. The summed E-state index contributed by atoms with van der Waals surface area (Å²) in [5.74, 6) is -0.286. The van der Waals surface area contributed by atoms with Crippen molar-refractivity contribution in [2.75, 3.05) is 7.05 Å². The van der Waals surface area contributed by atoms with Gasteiger partial charge in [0.1, 0.15) is 0 Å². The first-order valence-corrected chi connectivity index (χ1v) is 10.9. The summed E-state index contributed by atoms with van der Waals surface area (Å²) in [4.78, 5) is 27.7. The SMILES string of the molecule is CN1C(=O)C23CC(C)(C#N)C(c4ccc(Cl)c(Cl)c4)N2C(=O)C1(C)SS3. The average Bonchev–Trinajstić information content (AvgIpc) is 2.89. The summed E-state index contributed by atoms with van der Waals surface area (Å²) in [6.07, 6.45) is 0.268. The highest BCUT2D eigenvalue weighted by atomic mass is 35.5. The highest BCUT2D eigenvalue weighted by Crippen LogP contribution is 2.69. The number of benzene rings is 1. The number of fused-ring (bicyclic) bond motifs is 2. The molecule has 4 fully saturated rings. The molecule has 4 saturated heterocycles. The van der Waals surface area contributed by atoms with Crippen molar-refractivity contribution in [3.63, 3.8) is 0 Å². The van der Waals surface area contributed by atoms with Crippen LogP contribution in [0.15, 0.2) is 18.2 Å². The summed E-state index contributed by atoms with van der Waals surface area (Å²) < 4.78 is 0. The average molecular weight is 428 g/mol. The Kier molecular flexibility index (Phi) is 3.86. The molecule has 9 heteroatoms. The number of hydrogen-bond acceptors (Lipinski definition) is 5. The lowest BCUT2D eigenvalue weighted by atomic mass is 9.79. The van der Waals surface area contributed by atoms with E-state index in [1.165, 1.54) is 26.5 Å². The number of nitriles is 1. The van der Waals surface area contributed by atoms with E-state index in [9.17, 15) is 14.9 Å². The van der Waals surface area contributed by atoms with E-state index in [0.717, 1.165) is 0 Å². The molecule has 4 unspecified atom stereocenters. The molecule has 0 N–H and O–H groups in total. The highest BCUT2D eigenvalue weighted by Gasteiger charge is 2.74. The van der Waals surface area contributed by atoms with Gasteiger partial charge in [0.15, 0.2) is 9.74 Å². The smallest absolute Gasteiger partial charge is 0.261 e. The van der Waals surface area contributed by atoms with E-state index >= 15 is 0 Å². The normalized spacial score (nSPS) is 38.5. The monoisotopic (exact) mass is 427 g/mol. The minimum atomic E-state index is -1.07. The second-order valence-electron chi connectivity index (χ2n) is 7.26. The van der Waals surface area contributed by atoms with Crippen LogP contribution in [0.3, 0.4) is 0 Å². The topological polar surface area (TPSA) is 64.4 Å². The van der Waals surface area contributed by atoms with Gasteiger partial charge in [0.05, 0.1) is 27.6 Å². The molecule has 4 aliphatic rings. The van der Waals surface area contributed by atoms with E-state index in [4.69, 9.17) is 23.2 Å². The van der Waals surface area contributed by atoms with E-state index in [0.29, 0.717) is 15.6 Å². The summed E-state index contributed by atoms with van der Waals surface area (Å²) in [7, 11) is 4.43. The van der Waals surface area contributed by atoms with Crippen molar-refractivity contribution in [2.24, 2.45) is 5.41 Å². The molecule has 136 valence electrons. The third-order valence-corrected chi connectivity index (χ3v) is 10.0. The first-order chi connectivity index (χ1) is 12.1. The second kappa shape index (κ2) is 5.48. The molecule has 2 amide bonds. The van der Waals surface area contributed by atoms with Gasteiger partial charge in [-0.05, 0) is 31.5 Å². The van der Waals surface area contributed by atoms with Crippen LogP contribution in [0.25, 0.3) is 0 Å². The van der Waals surface area contributed by atoms with Gasteiger partial charge in [0.25, 0.3) is 11.8 Å². The third-order valence-electron chi connectivity index (χ3n) is 5.61. The minimum absolute atomic E-state index is 0.132. The molecule has 5 nitrogen and oxygen atoms in total. The summed E-state index contributed by atoms with van der Waals surface area (Å²) in [6.45, 7) is 3.55. The van der Waals surface area contributed by atoms with Crippen LogP contribution < -0.4 is 0 Å². The number of nitrogens with zero attached hydrogens (tertiary/aromatic N) is 3. The Morgan fingerprint density at radius 1 is 1.19 bits per heavy atom. The van der Waals surface area contributed by atoms with Gasteiger partial charge in [-0.25, -0.2) is 0 Å². The predicted octanol–water partition coefficient (Wildman–Crippen LogP) is 4.08. The summed E-state index contributed by atoms with van der Waals surface area (Å²) in [5, 5.41) is 10.7. The summed E-state index contributed by atoms with van der Waals surface area (Å²) in [5.41, 5.74) is -0.210. The summed E-state index contributed by atoms with van der Waals surface area (Å²) >= 11 is 12.2. The molecule has 2 bridgehead atoms. The zero-order valence-electron chi connectivity index (χ0n) is 14.2. The quantitative estimate of drug-likeness (QED) is 0.631. The lowest BCUT2D eigenvalue weighted by molar-refractivity contribution is -0.164. The van der Waals surface area contributed by atoms with Gasteiger partial charge in [-0.2, -0.15) is 5.26 Å². The van der Waals surface area contributed by atoms with Crippen LogP contribution in [-0.4, -0.2) is 38.4 Å². The molecule has 4 aliphatic heterocycles. The van der Waals surface area contributed by atoms with Gasteiger partial charge in [-0.3, -0.25) is 9.59 Å². The van der Waals surface area contributed by atoms with Gasteiger partial charge in [-0.15, -0.1) is 0 Å². The first-order valence-electron chi connectivity index (χ1n) is 7.96. The zero-order valence-corrected chi connectivity index (χ0v) is 17.4. The minimum Gasteiger partial charge on any atom is -0.319 e. The number of piperazine rings is 1. The van der Waals surface area contributed by atoms with E-state index in [1.807, 2.05) is 0 Å². The van der Waals surface area contributed by atoms with Gasteiger partial charge >= 0.3 is 0 Å². The van der Waals surface area contributed by atoms with Crippen LogP contribution in [-0.2, 0) is 9.59 Å². The Bertz CT molecular complexity index is 906. The van der Waals surface area contributed by atoms with Gasteiger partial charge in [0, 0.05) is 13.5 Å². The number of rotatable bonds is 1. The fraction of sp³-hybridized carbons (Fsp3) is 0.471. The second-order valence-corrected chi connectivity index (χ2v) is 10.9. The Balaban J connectivity index is 1.95. The molecule has 0 radical (unpaired) electrons. The van der Waals surface area contributed by atoms with Crippen molar-refractivity contribution in [1.29, 1.82) is 5.26 Å². The van der Waals surface area contributed by atoms with Gasteiger partial charge in [-0.1, -0.05) is 50.9 Å². The zero-order chi connectivity index (χ0) is 19.1. The molecule has 1 aromatic carbocycles. The van der Waals surface area contributed by atoms with Crippen LogP contribution in [0.4, 0.5) is 0 Å².